The molecule has 0 radical (unpaired) electrons. The Hall–Kier alpha value is -2.67. The van der Waals surface area contributed by atoms with Gasteiger partial charge >= 0.3 is 0 Å². The molecule has 0 atom stereocenters. The molecule has 3 N–H and O–H groups in total. The predicted molar refractivity (Wildman–Crippen MR) is 80.8 cm³/mol. The highest BCUT2D eigenvalue weighted by molar-refractivity contribution is 5.62. The number of ether oxygens (including phenoxy) is 1. The Morgan fingerprint density at radius 2 is 2.10 bits per heavy atom. The molecule has 0 aliphatic rings. The lowest BCUT2D eigenvalue weighted by molar-refractivity contribution is 0.414. The van der Waals surface area contributed by atoms with Crippen molar-refractivity contribution in [1.29, 1.82) is 5.26 Å². The molecule has 0 fully saturated rings. The SMILES string of the molecule is COc1cccc(CCNc2ccc(N)cc2C#N)c1. The monoisotopic (exact) mass is 267 g/mol. The molecule has 2 aromatic carbocycles. The van der Waals surface area contributed by atoms with Gasteiger partial charge in [0, 0.05) is 12.2 Å². The van der Waals surface area contributed by atoms with Crippen LogP contribution >= 0.6 is 0 Å². The third-order valence-electron chi connectivity index (χ3n) is 3.03. The second-order valence-electron chi connectivity index (χ2n) is 4.45. The number of hydrogen-bond donors (Lipinski definition) is 2. The number of nitriles is 1. The van der Waals surface area contributed by atoms with E-state index < -0.39 is 0 Å². The minimum Gasteiger partial charge on any atom is -0.497 e. The third-order valence-corrected chi connectivity index (χ3v) is 3.03. The number of nitrogens with one attached hydrogen (secondary N) is 1. The van der Waals surface area contributed by atoms with Crippen LogP contribution in [0.1, 0.15) is 11.1 Å². The van der Waals surface area contributed by atoms with Crippen molar-refractivity contribution in [2.45, 2.75) is 6.42 Å². The fourth-order valence-electron chi connectivity index (χ4n) is 1.98. The molecule has 102 valence electrons. The first kappa shape index (κ1) is 13.8. The Morgan fingerprint density at radius 1 is 1.25 bits per heavy atom. The number of nitrogens with two attached hydrogens (primary N) is 1. The molecule has 0 spiro atoms. The van der Waals surface area contributed by atoms with Crippen LogP contribution in [0.4, 0.5) is 11.4 Å². The Kier molecular flexibility index (Phi) is 4.46. The first-order valence-electron chi connectivity index (χ1n) is 6.39. The summed E-state index contributed by atoms with van der Waals surface area (Å²) in [5.41, 5.74) is 8.82. The Labute approximate surface area is 118 Å². The first-order chi connectivity index (χ1) is 9.72. The normalized spacial score (nSPS) is 9.80. The van der Waals surface area contributed by atoms with Crippen LogP contribution in [-0.4, -0.2) is 13.7 Å². The number of anilines is 2. The van der Waals surface area contributed by atoms with Crippen molar-refractivity contribution in [2.75, 3.05) is 24.7 Å². The predicted octanol–water partition coefficient (Wildman–Crippen LogP) is 2.80. The van der Waals surface area contributed by atoms with E-state index in [-0.39, 0.29) is 0 Å². The molecule has 0 unspecified atom stereocenters. The molecular formula is C16H17N3O. The average Bonchev–Trinajstić information content (AvgIpc) is 2.49. The topological polar surface area (TPSA) is 71.1 Å². The summed E-state index contributed by atoms with van der Waals surface area (Å²) in [6, 6.07) is 15.4. The summed E-state index contributed by atoms with van der Waals surface area (Å²) >= 11 is 0. The molecule has 4 nitrogen and oxygen atoms in total. The Morgan fingerprint density at radius 3 is 2.85 bits per heavy atom. The fourth-order valence-corrected chi connectivity index (χ4v) is 1.98. The molecule has 2 aromatic rings. The molecule has 20 heavy (non-hydrogen) atoms. The standard InChI is InChI=1S/C16H17N3O/c1-20-15-4-2-3-12(9-15)7-8-19-16-6-5-14(18)10-13(16)11-17/h2-6,9-10,19H,7-8,18H2,1H3. The summed E-state index contributed by atoms with van der Waals surface area (Å²) in [6.07, 6.45) is 0.854. The molecule has 0 amide bonds. The summed E-state index contributed by atoms with van der Waals surface area (Å²) in [7, 11) is 1.66. The van der Waals surface area contributed by atoms with E-state index >= 15 is 0 Å². The van der Waals surface area contributed by atoms with Crippen molar-refractivity contribution in [2.24, 2.45) is 0 Å². The minimum absolute atomic E-state index is 0.565. The molecule has 0 heterocycles. The summed E-state index contributed by atoms with van der Waals surface area (Å²) < 4.78 is 5.19. The lowest BCUT2D eigenvalue weighted by Gasteiger charge is -2.09. The maximum Gasteiger partial charge on any atom is 0.119 e. The lowest BCUT2D eigenvalue weighted by atomic mass is 10.1. The third kappa shape index (κ3) is 3.42. The van der Waals surface area contributed by atoms with Gasteiger partial charge in [0.1, 0.15) is 11.8 Å². The van der Waals surface area contributed by atoms with Crippen molar-refractivity contribution < 1.29 is 4.74 Å². The summed E-state index contributed by atoms with van der Waals surface area (Å²) in [5.74, 6) is 0.854. The summed E-state index contributed by atoms with van der Waals surface area (Å²) in [4.78, 5) is 0. The fraction of sp³-hybridized carbons (Fsp3) is 0.188. The number of rotatable bonds is 5. The van der Waals surface area contributed by atoms with Gasteiger partial charge < -0.3 is 15.8 Å². The lowest BCUT2D eigenvalue weighted by Crippen LogP contribution is -2.06. The van der Waals surface area contributed by atoms with Gasteiger partial charge in [0.05, 0.1) is 18.4 Å². The Bertz CT molecular complexity index is 632. The van der Waals surface area contributed by atoms with E-state index in [1.165, 1.54) is 5.56 Å². The highest BCUT2D eigenvalue weighted by Gasteiger charge is 2.02. The molecule has 2 rings (SSSR count). The Balaban J connectivity index is 1.98. The van der Waals surface area contributed by atoms with E-state index in [9.17, 15) is 0 Å². The number of methoxy groups -OCH3 is 1. The number of nitrogens with zero attached hydrogens (tertiary/aromatic N) is 1. The van der Waals surface area contributed by atoms with Crippen LogP contribution in [0, 0.1) is 11.3 Å². The average molecular weight is 267 g/mol. The second-order valence-corrected chi connectivity index (χ2v) is 4.45. The van der Waals surface area contributed by atoms with Crippen molar-refractivity contribution in [3.05, 3.63) is 53.6 Å². The minimum atomic E-state index is 0.565. The molecule has 0 saturated carbocycles. The van der Waals surface area contributed by atoms with Crippen LogP contribution in [0.2, 0.25) is 0 Å². The van der Waals surface area contributed by atoms with Gasteiger partial charge in [0.2, 0.25) is 0 Å². The maximum atomic E-state index is 9.07. The van der Waals surface area contributed by atoms with E-state index in [1.807, 2.05) is 24.3 Å². The first-order valence-corrected chi connectivity index (χ1v) is 6.39. The van der Waals surface area contributed by atoms with Gasteiger partial charge in [-0.3, -0.25) is 0 Å². The van der Waals surface area contributed by atoms with E-state index in [4.69, 9.17) is 15.7 Å². The van der Waals surface area contributed by atoms with E-state index in [1.54, 1.807) is 19.2 Å². The van der Waals surface area contributed by atoms with Crippen LogP contribution in [0.25, 0.3) is 0 Å². The highest BCUT2D eigenvalue weighted by Crippen LogP contribution is 2.18. The van der Waals surface area contributed by atoms with Crippen molar-refractivity contribution >= 4 is 11.4 Å². The summed E-state index contributed by atoms with van der Waals surface area (Å²) in [6.45, 7) is 0.742. The zero-order valence-electron chi connectivity index (χ0n) is 11.4. The van der Waals surface area contributed by atoms with Crippen LogP contribution < -0.4 is 15.8 Å². The largest absolute Gasteiger partial charge is 0.497 e. The molecule has 0 bridgehead atoms. The molecule has 0 aliphatic carbocycles. The van der Waals surface area contributed by atoms with Crippen LogP contribution in [0.5, 0.6) is 5.75 Å². The van der Waals surface area contributed by atoms with E-state index in [2.05, 4.69) is 17.5 Å². The molecule has 4 heteroatoms. The number of hydrogen-bond acceptors (Lipinski definition) is 4. The van der Waals surface area contributed by atoms with Crippen LogP contribution in [0.15, 0.2) is 42.5 Å². The zero-order valence-corrected chi connectivity index (χ0v) is 11.4. The van der Waals surface area contributed by atoms with Crippen molar-refractivity contribution in [3.8, 4) is 11.8 Å². The van der Waals surface area contributed by atoms with Crippen molar-refractivity contribution in [1.82, 2.24) is 0 Å². The smallest absolute Gasteiger partial charge is 0.119 e. The van der Waals surface area contributed by atoms with E-state index in [0.717, 1.165) is 24.4 Å². The van der Waals surface area contributed by atoms with Gasteiger partial charge in [-0.25, -0.2) is 0 Å². The second kappa shape index (κ2) is 6.48. The number of nitrogen functional groups attached to an aromatic ring is 1. The van der Waals surface area contributed by atoms with Gasteiger partial charge in [-0.05, 0) is 42.3 Å². The highest BCUT2D eigenvalue weighted by atomic mass is 16.5. The molecule has 0 aliphatic heterocycles. The van der Waals surface area contributed by atoms with Crippen molar-refractivity contribution in [3.63, 3.8) is 0 Å². The van der Waals surface area contributed by atoms with Crippen LogP contribution in [0.3, 0.4) is 0 Å². The quantitative estimate of drug-likeness (QED) is 0.817. The van der Waals surface area contributed by atoms with Gasteiger partial charge in [0.25, 0.3) is 0 Å². The van der Waals surface area contributed by atoms with Crippen LogP contribution in [-0.2, 0) is 6.42 Å². The molecule has 0 saturated heterocycles. The number of benzene rings is 2. The summed E-state index contributed by atoms with van der Waals surface area (Å²) in [5, 5.41) is 12.3. The van der Waals surface area contributed by atoms with Gasteiger partial charge in [-0.2, -0.15) is 5.26 Å². The van der Waals surface area contributed by atoms with Gasteiger partial charge in [-0.1, -0.05) is 12.1 Å². The molecule has 0 aromatic heterocycles. The maximum absolute atomic E-state index is 9.07. The zero-order chi connectivity index (χ0) is 14.4. The van der Waals surface area contributed by atoms with Gasteiger partial charge in [-0.15, -0.1) is 0 Å². The van der Waals surface area contributed by atoms with Gasteiger partial charge in [0.15, 0.2) is 0 Å². The molecular weight excluding hydrogens is 250 g/mol. The van der Waals surface area contributed by atoms with E-state index in [0.29, 0.717) is 11.3 Å².